The number of amides is 2. The Labute approximate surface area is 71.8 Å². The smallest absolute Gasteiger partial charge is 0.318 e. The first-order chi connectivity index (χ1) is 5.83. The van der Waals surface area contributed by atoms with Crippen molar-refractivity contribution in [2.45, 2.75) is 6.42 Å². The van der Waals surface area contributed by atoms with Crippen molar-refractivity contribution in [3.05, 3.63) is 36.1 Å². The highest BCUT2D eigenvalue weighted by Gasteiger charge is 1.99. The van der Waals surface area contributed by atoms with Gasteiger partial charge in [-0.05, 0) is 6.08 Å². The first-order valence-corrected chi connectivity index (χ1v) is 3.84. The number of rotatable bonds is 1. The Morgan fingerprint density at radius 3 is 3.00 bits per heavy atom. The monoisotopic (exact) mass is 164 g/mol. The molecule has 0 fully saturated rings. The zero-order valence-electron chi connectivity index (χ0n) is 7.00. The van der Waals surface area contributed by atoms with Gasteiger partial charge in [-0.1, -0.05) is 24.3 Å². The average molecular weight is 164 g/mol. The minimum atomic E-state index is -0.176. The SMILES string of the molecule is CNC(=O)NC1=CC=CC=CC1. The van der Waals surface area contributed by atoms with E-state index < -0.39 is 0 Å². The number of hydrogen-bond acceptors (Lipinski definition) is 1. The molecule has 3 heteroatoms. The number of nitrogens with one attached hydrogen (secondary N) is 2. The van der Waals surface area contributed by atoms with E-state index in [2.05, 4.69) is 10.6 Å². The number of allylic oxidation sites excluding steroid dienone is 5. The van der Waals surface area contributed by atoms with Crippen LogP contribution in [-0.4, -0.2) is 13.1 Å². The van der Waals surface area contributed by atoms with Crippen LogP contribution in [0.3, 0.4) is 0 Å². The molecule has 12 heavy (non-hydrogen) atoms. The van der Waals surface area contributed by atoms with E-state index in [4.69, 9.17) is 0 Å². The summed E-state index contributed by atoms with van der Waals surface area (Å²) in [6.45, 7) is 0. The molecule has 0 radical (unpaired) electrons. The molecule has 2 N–H and O–H groups in total. The quantitative estimate of drug-likeness (QED) is 0.603. The van der Waals surface area contributed by atoms with Gasteiger partial charge in [-0.25, -0.2) is 4.79 Å². The van der Waals surface area contributed by atoms with Gasteiger partial charge in [0.15, 0.2) is 0 Å². The van der Waals surface area contributed by atoms with E-state index in [9.17, 15) is 4.79 Å². The fourth-order valence-corrected chi connectivity index (χ4v) is 0.879. The lowest BCUT2D eigenvalue weighted by atomic mass is 10.3. The highest BCUT2D eigenvalue weighted by Crippen LogP contribution is 2.02. The van der Waals surface area contributed by atoms with E-state index in [1.54, 1.807) is 7.05 Å². The Morgan fingerprint density at radius 1 is 1.42 bits per heavy atom. The van der Waals surface area contributed by atoms with Crippen LogP contribution in [0.5, 0.6) is 0 Å². The van der Waals surface area contributed by atoms with Crippen LogP contribution < -0.4 is 10.6 Å². The minimum absolute atomic E-state index is 0.176. The summed E-state index contributed by atoms with van der Waals surface area (Å²) in [4.78, 5) is 10.9. The van der Waals surface area contributed by atoms with Gasteiger partial charge in [-0.2, -0.15) is 0 Å². The van der Waals surface area contributed by atoms with Crippen LogP contribution in [0.1, 0.15) is 6.42 Å². The molecule has 0 saturated heterocycles. The average Bonchev–Trinajstić information content (AvgIpc) is 2.33. The minimum Gasteiger partial charge on any atom is -0.341 e. The van der Waals surface area contributed by atoms with Crippen molar-refractivity contribution in [1.29, 1.82) is 0 Å². The maximum Gasteiger partial charge on any atom is 0.318 e. The molecule has 0 unspecified atom stereocenters. The predicted octanol–water partition coefficient (Wildman–Crippen LogP) is 1.32. The summed E-state index contributed by atoms with van der Waals surface area (Å²) in [5, 5.41) is 5.21. The number of carbonyl (C=O) groups excluding carboxylic acids is 1. The van der Waals surface area contributed by atoms with Crippen LogP contribution >= 0.6 is 0 Å². The molecule has 0 heterocycles. The zero-order valence-corrected chi connectivity index (χ0v) is 7.00. The molecule has 0 atom stereocenters. The molecule has 1 aliphatic rings. The van der Waals surface area contributed by atoms with Gasteiger partial charge in [0.25, 0.3) is 0 Å². The lowest BCUT2D eigenvalue weighted by Gasteiger charge is -2.05. The van der Waals surface area contributed by atoms with Crippen molar-refractivity contribution in [1.82, 2.24) is 10.6 Å². The normalized spacial score (nSPS) is 14.9. The summed E-state index contributed by atoms with van der Waals surface area (Å²) in [5.74, 6) is 0. The maximum absolute atomic E-state index is 10.9. The Morgan fingerprint density at radius 2 is 2.25 bits per heavy atom. The molecule has 0 bridgehead atoms. The largest absolute Gasteiger partial charge is 0.341 e. The summed E-state index contributed by atoms with van der Waals surface area (Å²) < 4.78 is 0. The molecule has 1 rings (SSSR count). The fourth-order valence-electron chi connectivity index (χ4n) is 0.879. The number of urea groups is 1. The molecule has 0 aromatic rings. The van der Waals surface area contributed by atoms with Crippen LogP contribution in [0, 0.1) is 0 Å². The molecule has 2 amide bonds. The van der Waals surface area contributed by atoms with Gasteiger partial charge >= 0.3 is 6.03 Å². The summed E-state index contributed by atoms with van der Waals surface area (Å²) in [6.07, 6.45) is 10.4. The maximum atomic E-state index is 10.9. The molecular formula is C9H12N2O. The van der Waals surface area contributed by atoms with E-state index in [0.29, 0.717) is 0 Å². The second-order valence-electron chi connectivity index (χ2n) is 2.41. The van der Waals surface area contributed by atoms with E-state index in [-0.39, 0.29) is 6.03 Å². The molecule has 64 valence electrons. The van der Waals surface area contributed by atoms with E-state index in [1.165, 1.54) is 0 Å². The van der Waals surface area contributed by atoms with Gasteiger partial charge in [0, 0.05) is 19.2 Å². The van der Waals surface area contributed by atoms with Gasteiger partial charge in [-0.15, -0.1) is 0 Å². The molecule has 3 nitrogen and oxygen atoms in total. The van der Waals surface area contributed by atoms with Crippen LogP contribution in [0.2, 0.25) is 0 Å². The fraction of sp³-hybridized carbons (Fsp3) is 0.222. The Bertz CT molecular complexity index is 251. The standard InChI is InChI=1S/C9H12N2O/c1-10-9(12)11-8-6-4-2-3-5-7-8/h2-6H,7H2,1H3,(H2,10,11,12). The van der Waals surface area contributed by atoms with Gasteiger partial charge in [0.05, 0.1) is 0 Å². The Kier molecular flexibility index (Phi) is 3.14. The summed E-state index contributed by atoms with van der Waals surface area (Å²) in [6, 6.07) is -0.176. The second-order valence-corrected chi connectivity index (χ2v) is 2.41. The van der Waals surface area contributed by atoms with Gasteiger partial charge in [0.2, 0.25) is 0 Å². The van der Waals surface area contributed by atoms with E-state index >= 15 is 0 Å². The van der Waals surface area contributed by atoms with Gasteiger partial charge < -0.3 is 10.6 Å². The lowest BCUT2D eigenvalue weighted by molar-refractivity contribution is 0.245. The van der Waals surface area contributed by atoms with Crippen LogP contribution in [0.4, 0.5) is 4.79 Å². The van der Waals surface area contributed by atoms with Crippen LogP contribution in [0.25, 0.3) is 0 Å². The van der Waals surface area contributed by atoms with Crippen molar-refractivity contribution in [2.24, 2.45) is 0 Å². The third kappa shape index (κ3) is 2.62. The molecule has 1 aliphatic carbocycles. The van der Waals surface area contributed by atoms with E-state index in [1.807, 2.05) is 30.4 Å². The molecular weight excluding hydrogens is 152 g/mol. The number of carbonyl (C=O) groups is 1. The lowest BCUT2D eigenvalue weighted by Crippen LogP contribution is -2.31. The van der Waals surface area contributed by atoms with Gasteiger partial charge in [-0.3, -0.25) is 0 Å². The molecule has 0 aromatic heterocycles. The summed E-state index contributed by atoms with van der Waals surface area (Å²) >= 11 is 0. The Hall–Kier alpha value is -1.51. The highest BCUT2D eigenvalue weighted by atomic mass is 16.2. The zero-order chi connectivity index (χ0) is 8.81. The van der Waals surface area contributed by atoms with Crippen LogP contribution in [-0.2, 0) is 0 Å². The van der Waals surface area contributed by atoms with E-state index in [0.717, 1.165) is 12.1 Å². The Balaban J connectivity index is 2.52. The topological polar surface area (TPSA) is 41.1 Å². The number of hydrogen-bond donors (Lipinski definition) is 2. The third-order valence-corrected chi connectivity index (χ3v) is 1.49. The van der Waals surface area contributed by atoms with Crippen molar-refractivity contribution in [3.8, 4) is 0 Å². The summed E-state index contributed by atoms with van der Waals surface area (Å²) in [5.41, 5.74) is 0.902. The summed E-state index contributed by atoms with van der Waals surface area (Å²) in [7, 11) is 1.60. The molecule has 0 spiro atoms. The second kappa shape index (κ2) is 4.38. The molecule has 0 aromatic carbocycles. The highest BCUT2D eigenvalue weighted by molar-refractivity contribution is 5.75. The van der Waals surface area contributed by atoms with Crippen molar-refractivity contribution in [3.63, 3.8) is 0 Å². The van der Waals surface area contributed by atoms with Crippen molar-refractivity contribution in [2.75, 3.05) is 7.05 Å². The van der Waals surface area contributed by atoms with Gasteiger partial charge in [0.1, 0.15) is 0 Å². The predicted molar refractivity (Wildman–Crippen MR) is 48.6 cm³/mol. The first-order valence-electron chi connectivity index (χ1n) is 3.84. The van der Waals surface area contributed by atoms with Crippen LogP contribution in [0.15, 0.2) is 36.1 Å². The molecule has 0 saturated carbocycles. The van der Waals surface area contributed by atoms with Crippen molar-refractivity contribution < 1.29 is 4.79 Å². The first kappa shape index (κ1) is 8.59. The molecule has 0 aliphatic heterocycles. The van der Waals surface area contributed by atoms with Crippen molar-refractivity contribution >= 4 is 6.03 Å². The third-order valence-electron chi connectivity index (χ3n) is 1.49.